The molecule has 2 heteroatoms. The Morgan fingerprint density at radius 3 is 1.90 bits per heavy atom. The van der Waals surface area contributed by atoms with Gasteiger partial charge in [-0.15, -0.1) is 0 Å². The molecule has 0 saturated carbocycles. The summed E-state index contributed by atoms with van der Waals surface area (Å²) in [7, 11) is 0. The maximum Gasteiger partial charge on any atom is 0.137 e. The Balaban J connectivity index is 1.31. The van der Waals surface area contributed by atoms with Gasteiger partial charge in [-0.05, 0) is 104 Å². The lowest BCUT2D eigenvalue weighted by Gasteiger charge is -2.56. The van der Waals surface area contributed by atoms with Gasteiger partial charge in [-0.3, -0.25) is 0 Å². The summed E-state index contributed by atoms with van der Waals surface area (Å²) in [6, 6.07) is 46.1. The van der Waals surface area contributed by atoms with E-state index in [2.05, 4.69) is 154 Å². The van der Waals surface area contributed by atoms with Crippen LogP contribution in [0, 0.1) is 0 Å². The van der Waals surface area contributed by atoms with Gasteiger partial charge in [0, 0.05) is 28.4 Å². The zero-order valence-electron chi connectivity index (χ0n) is 27.9. The lowest BCUT2D eigenvalue weighted by molar-refractivity contribution is 0.331. The molecule has 0 fully saturated rings. The van der Waals surface area contributed by atoms with E-state index in [0.29, 0.717) is 0 Å². The highest BCUT2D eigenvalue weighted by molar-refractivity contribution is 6.06. The maximum absolute atomic E-state index is 6.50. The van der Waals surface area contributed by atoms with Crippen LogP contribution in [-0.2, 0) is 16.2 Å². The molecule has 12 rings (SSSR count). The van der Waals surface area contributed by atoms with Crippen LogP contribution in [0.15, 0.2) is 126 Å². The van der Waals surface area contributed by atoms with Gasteiger partial charge in [0.15, 0.2) is 0 Å². The summed E-state index contributed by atoms with van der Waals surface area (Å²) in [5.41, 5.74) is 18.3. The lowest BCUT2D eigenvalue weighted by atomic mass is 9.48. The fourth-order valence-electron chi connectivity index (χ4n) is 10.3. The molecular formula is C46H37NO. The SMILES string of the molecule is CC1(C)CCC(C)(C)c2cc3c(cc21)N(c1ccc2c(c1)oc1ccccc12)c1cccc2c1C31c3ccccc3C2c2ccccc21. The first-order valence-electron chi connectivity index (χ1n) is 17.5. The van der Waals surface area contributed by atoms with Crippen LogP contribution in [0.1, 0.15) is 96.5 Å². The van der Waals surface area contributed by atoms with Crippen molar-refractivity contribution >= 4 is 39.0 Å². The molecular weight excluding hydrogens is 583 g/mol. The van der Waals surface area contributed by atoms with Crippen molar-refractivity contribution in [2.24, 2.45) is 0 Å². The second-order valence-corrected chi connectivity index (χ2v) is 15.9. The summed E-state index contributed by atoms with van der Waals surface area (Å²) < 4.78 is 6.50. The summed E-state index contributed by atoms with van der Waals surface area (Å²) >= 11 is 0. The first-order valence-corrected chi connectivity index (χ1v) is 17.5. The summed E-state index contributed by atoms with van der Waals surface area (Å²) in [5, 5.41) is 2.33. The van der Waals surface area contributed by atoms with Crippen LogP contribution < -0.4 is 4.90 Å². The molecule has 1 aromatic heterocycles. The molecule has 2 nitrogen and oxygen atoms in total. The number of benzene rings is 6. The number of hydrogen-bond donors (Lipinski definition) is 0. The van der Waals surface area contributed by atoms with E-state index in [1.807, 2.05) is 0 Å². The predicted molar refractivity (Wildman–Crippen MR) is 197 cm³/mol. The molecule has 0 saturated heterocycles. The van der Waals surface area contributed by atoms with Crippen molar-refractivity contribution in [3.63, 3.8) is 0 Å². The minimum atomic E-state index is -0.407. The minimum Gasteiger partial charge on any atom is -0.456 e. The van der Waals surface area contributed by atoms with Crippen molar-refractivity contribution in [1.29, 1.82) is 0 Å². The maximum atomic E-state index is 6.50. The summed E-state index contributed by atoms with van der Waals surface area (Å²) in [4.78, 5) is 2.57. The molecule has 4 aliphatic carbocycles. The van der Waals surface area contributed by atoms with Crippen molar-refractivity contribution < 1.29 is 4.42 Å². The van der Waals surface area contributed by atoms with E-state index in [0.717, 1.165) is 27.6 Å². The molecule has 0 N–H and O–H groups in total. The standard InChI is InChI=1S/C46H37NO/c1-44(2)22-23-45(3,4)36-26-39-37(25-35(36)44)46-33-16-8-5-13-30(33)42(31-14-6-9-17-34(31)46)32-15-11-18-38(43(32)46)47(39)27-20-21-29-28-12-7-10-19-40(28)48-41(29)24-27/h5-21,24-26,42H,22-23H2,1-4H3. The number of para-hydroxylation sites is 1. The van der Waals surface area contributed by atoms with E-state index in [9.17, 15) is 0 Å². The highest BCUT2D eigenvalue weighted by atomic mass is 16.3. The molecule has 0 radical (unpaired) electrons. The van der Waals surface area contributed by atoms with Gasteiger partial charge in [-0.2, -0.15) is 0 Å². The molecule has 6 aromatic carbocycles. The van der Waals surface area contributed by atoms with E-state index in [1.165, 1.54) is 74.3 Å². The number of hydrogen-bond acceptors (Lipinski definition) is 2. The molecule has 48 heavy (non-hydrogen) atoms. The quantitative estimate of drug-likeness (QED) is 0.182. The molecule has 2 bridgehead atoms. The van der Waals surface area contributed by atoms with Crippen LogP contribution in [0.4, 0.5) is 17.1 Å². The van der Waals surface area contributed by atoms with Crippen molar-refractivity contribution in [2.45, 2.75) is 62.7 Å². The largest absolute Gasteiger partial charge is 0.456 e. The zero-order valence-corrected chi connectivity index (χ0v) is 27.9. The Bertz CT molecular complexity index is 2500. The molecule has 232 valence electrons. The number of rotatable bonds is 1. The van der Waals surface area contributed by atoms with Gasteiger partial charge >= 0.3 is 0 Å². The Labute approximate surface area is 281 Å². The molecule has 0 amide bonds. The fraction of sp³-hybridized carbons (Fsp3) is 0.217. The monoisotopic (exact) mass is 619 g/mol. The minimum absolute atomic E-state index is 0.0775. The third-order valence-electron chi connectivity index (χ3n) is 12.6. The topological polar surface area (TPSA) is 16.4 Å². The van der Waals surface area contributed by atoms with Crippen LogP contribution in [0.25, 0.3) is 21.9 Å². The third-order valence-corrected chi connectivity index (χ3v) is 12.6. The Hall–Kier alpha value is -5.08. The third kappa shape index (κ3) is 3.06. The number of fused-ring (bicyclic) bond motifs is 5. The molecule has 1 aliphatic heterocycles. The fourth-order valence-corrected chi connectivity index (χ4v) is 10.3. The van der Waals surface area contributed by atoms with Gasteiger partial charge < -0.3 is 9.32 Å². The smallest absolute Gasteiger partial charge is 0.137 e. The normalized spacial score (nSPS) is 21.8. The summed E-state index contributed by atoms with van der Waals surface area (Å²) in [5.74, 6) is 0.212. The van der Waals surface area contributed by atoms with Gasteiger partial charge in [-0.25, -0.2) is 0 Å². The first kappa shape index (κ1) is 26.9. The number of furan rings is 1. The Morgan fingerprint density at radius 1 is 0.521 bits per heavy atom. The molecule has 7 aromatic rings. The predicted octanol–water partition coefficient (Wildman–Crippen LogP) is 11.9. The van der Waals surface area contributed by atoms with Gasteiger partial charge in [-0.1, -0.05) is 113 Å². The van der Waals surface area contributed by atoms with Crippen LogP contribution in [-0.4, -0.2) is 0 Å². The molecule has 0 unspecified atom stereocenters. The van der Waals surface area contributed by atoms with Crippen molar-refractivity contribution in [3.05, 3.63) is 171 Å². The van der Waals surface area contributed by atoms with Crippen molar-refractivity contribution in [2.75, 3.05) is 4.90 Å². The van der Waals surface area contributed by atoms with E-state index >= 15 is 0 Å². The highest BCUT2D eigenvalue weighted by Gasteiger charge is 2.58. The second-order valence-electron chi connectivity index (χ2n) is 15.9. The van der Waals surface area contributed by atoms with Gasteiger partial charge in [0.25, 0.3) is 0 Å². The zero-order chi connectivity index (χ0) is 32.2. The van der Waals surface area contributed by atoms with Gasteiger partial charge in [0.1, 0.15) is 11.2 Å². The van der Waals surface area contributed by atoms with Crippen LogP contribution in [0.3, 0.4) is 0 Å². The van der Waals surface area contributed by atoms with Crippen molar-refractivity contribution in [1.82, 2.24) is 0 Å². The van der Waals surface area contributed by atoms with E-state index in [1.54, 1.807) is 0 Å². The average molecular weight is 620 g/mol. The van der Waals surface area contributed by atoms with Crippen LogP contribution >= 0.6 is 0 Å². The summed E-state index contributed by atoms with van der Waals surface area (Å²) in [6.07, 6.45) is 2.36. The second kappa shape index (κ2) is 8.68. The molecule has 5 aliphatic rings. The van der Waals surface area contributed by atoms with E-state index in [4.69, 9.17) is 4.42 Å². The van der Waals surface area contributed by atoms with Crippen molar-refractivity contribution in [3.8, 4) is 0 Å². The summed E-state index contributed by atoms with van der Waals surface area (Å²) in [6.45, 7) is 9.81. The Kier molecular flexibility index (Phi) is 4.87. The molecule has 2 heterocycles. The average Bonchev–Trinajstić information content (AvgIpc) is 3.48. The Morgan fingerprint density at radius 2 is 1.15 bits per heavy atom. The lowest BCUT2D eigenvalue weighted by Crippen LogP contribution is -2.47. The van der Waals surface area contributed by atoms with E-state index in [-0.39, 0.29) is 16.7 Å². The number of anilines is 3. The van der Waals surface area contributed by atoms with Crippen LogP contribution in [0.5, 0.6) is 0 Å². The van der Waals surface area contributed by atoms with E-state index < -0.39 is 5.41 Å². The van der Waals surface area contributed by atoms with Crippen LogP contribution in [0.2, 0.25) is 0 Å². The van der Waals surface area contributed by atoms with Gasteiger partial charge in [0.05, 0.1) is 16.8 Å². The highest BCUT2D eigenvalue weighted by Crippen LogP contribution is 2.68. The molecule has 1 spiro atoms. The number of nitrogens with zero attached hydrogens (tertiary/aromatic N) is 1. The van der Waals surface area contributed by atoms with Gasteiger partial charge in [0.2, 0.25) is 0 Å². The first-order chi connectivity index (χ1) is 23.3. The molecule has 0 atom stereocenters.